The van der Waals surface area contributed by atoms with Crippen molar-refractivity contribution < 1.29 is 4.74 Å². The summed E-state index contributed by atoms with van der Waals surface area (Å²) in [6, 6.07) is 6.09. The first-order valence-corrected chi connectivity index (χ1v) is 6.25. The summed E-state index contributed by atoms with van der Waals surface area (Å²) in [7, 11) is 0. The van der Waals surface area contributed by atoms with Gasteiger partial charge in [0, 0.05) is 0 Å². The highest BCUT2D eigenvalue weighted by Crippen LogP contribution is 2.24. The van der Waals surface area contributed by atoms with E-state index < -0.39 is 0 Å². The number of nitrogens with zero attached hydrogens (tertiary/aromatic N) is 1. The molecule has 0 spiro atoms. The Hall–Kier alpha value is -0.930. The van der Waals surface area contributed by atoms with Crippen LogP contribution in [-0.2, 0) is 11.2 Å². The number of nitrogens with two attached hydrogens (primary N) is 1. The quantitative estimate of drug-likeness (QED) is 0.920. The van der Waals surface area contributed by atoms with Gasteiger partial charge in [0.1, 0.15) is 6.10 Å². The molecule has 0 unspecified atom stereocenters. The monoisotopic (exact) mass is 272 g/mol. The average molecular weight is 273 g/mol. The Kier molecular flexibility index (Phi) is 3.79. The van der Waals surface area contributed by atoms with E-state index in [1.54, 1.807) is 0 Å². The minimum Gasteiger partial charge on any atom is -0.460 e. The molecule has 0 aromatic heterocycles. The zero-order valence-electron chi connectivity index (χ0n) is 9.49. The molecule has 0 radical (unpaired) electrons. The molecule has 2 atom stereocenters. The summed E-state index contributed by atoms with van der Waals surface area (Å²) in [5, 5.41) is 1.16. The second kappa shape index (κ2) is 5.15. The Morgan fingerprint density at radius 2 is 2.12 bits per heavy atom. The second-order valence-corrected chi connectivity index (χ2v) is 4.96. The van der Waals surface area contributed by atoms with E-state index in [0.29, 0.717) is 10.0 Å². The third kappa shape index (κ3) is 3.05. The predicted molar refractivity (Wildman–Crippen MR) is 70.7 cm³/mol. The van der Waals surface area contributed by atoms with Crippen molar-refractivity contribution in [3.63, 3.8) is 0 Å². The molecule has 1 aromatic rings. The molecule has 17 heavy (non-hydrogen) atoms. The SMILES string of the molecule is C[C@@H]1OC(N)=N[C@H]1CCc1ccc(Cl)c(Cl)c1. The van der Waals surface area contributed by atoms with Crippen LogP contribution < -0.4 is 5.73 Å². The number of aryl methyl sites for hydroxylation is 1. The van der Waals surface area contributed by atoms with Gasteiger partial charge in [-0.1, -0.05) is 29.3 Å². The van der Waals surface area contributed by atoms with Crippen LogP contribution in [0.5, 0.6) is 0 Å². The molecule has 1 aliphatic rings. The molecule has 2 N–H and O–H groups in total. The zero-order valence-corrected chi connectivity index (χ0v) is 11.0. The number of hydrogen-bond acceptors (Lipinski definition) is 3. The van der Waals surface area contributed by atoms with Crippen LogP contribution in [0.3, 0.4) is 0 Å². The molecule has 0 saturated carbocycles. The van der Waals surface area contributed by atoms with Crippen molar-refractivity contribution in [1.29, 1.82) is 0 Å². The number of amidine groups is 1. The van der Waals surface area contributed by atoms with E-state index in [2.05, 4.69) is 4.99 Å². The van der Waals surface area contributed by atoms with Crippen molar-refractivity contribution in [3.8, 4) is 0 Å². The number of ether oxygens (including phenoxy) is 1. The summed E-state index contributed by atoms with van der Waals surface area (Å²) in [5.74, 6) is 0. The molecule has 0 aliphatic carbocycles. The van der Waals surface area contributed by atoms with Crippen LogP contribution in [0.15, 0.2) is 23.2 Å². The molecule has 2 rings (SSSR count). The maximum atomic E-state index is 5.96. The van der Waals surface area contributed by atoms with Crippen molar-refractivity contribution >= 4 is 29.2 Å². The van der Waals surface area contributed by atoms with E-state index in [4.69, 9.17) is 33.7 Å². The standard InChI is InChI=1S/C12H14Cl2N2O/c1-7-11(16-12(15)17-7)5-3-8-2-4-9(13)10(14)6-8/h2,4,6-7,11H,3,5H2,1H3,(H2,15,16)/t7-,11-/m0/s1. The molecule has 1 aromatic carbocycles. The summed E-state index contributed by atoms with van der Waals surface area (Å²) in [4.78, 5) is 4.24. The van der Waals surface area contributed by atoms with E-state index in [0.717, 1.165) is 18.4 Å². The highest BCUT2D eigenvalue weighted by atomic mass is 35.5. The van der Waals surface area contributed by atoms with Crippen molar-refractivity contribution in [2.24, 2.45) is 10.7 Å². The van der Waals surface area contributed by atoms with Gasteiger partial charge in [-0.3, -0.25) is 0 Å². The van der Waals surface area contributed by atoms with Gasteiger partial charge in [-0.05, 0) is 37.5 Å². The topological polar surface area (TPSA) is 47.6 Å². The maximum absolute atomic E-state index is 5.96. The number of halogens is 2. The molecule has 1 aliphatic heterocycles. The summed E-state index contributed by atoms with van der Waals surface area (Å²) in [5.41, 5.74) is 6.66. The molecular weight excluding hydrogens is 259 g/mol. The first kappa shape index (κ1) is 12.5. The number of rotatable bonds is 3. The van der Waals surface area contributed by atoms with Crippen LogP contribution in [0, 0.1) is 0 Å². The summed E-state index contributed by atoms with van der Waals surface area (Å²) in [6.07, 6.45) is 1.82. The van der Waals surface area contributed by atoms with E-state index in [9.17, 15) is 0 Å². The van der Waals surface area contributed by atoms with Crippen molar-refractivity contribution in [2.75, 3.05) is 0 Å². The van der Waals surface area contributed by atoms with E-state index in [1.165, 1.54) is 0 Å². The van der Waals surface area contributed by atoms with Crippen molar-refractivity contribution in [1.82, 2.24) is 0 Å². The van der Waals surface area contributed by atoms with Crippen molar-refractivity contribution in [3.05, 3.63) is 33.8 Å². The lowest BCUT2D eigenvalue weighted by Crippen LogP contribution is -2.20. The van der Waals surface area contributed by atoms with Gasteiger partial charge < -0.3 is 10.5 Å². The molecule has 5 heteroatoms. The first-order chi connectivity index (χ1) is 8.06. The second-order valence-electron chi connectivity index (χ2n) is 4.14. The smallest absolute Gasteiger partial charge is 0.282 e. The van der Waals surface area contributed by atoms with Crippen molar-refractivity contribution in [2.45, 2.75) is 31.9 Å². The Balaban J connectivity index is 1.96. The molecule has 0 bridgehead atoms. The van der Waals surface area contributed by atoms with E-state index in [-0.39, 0.29) is 18.2 Å². The Morgan fingerprint density at radius 1 is 1.35 bits per heavy atom. The van der Waals surface area contributed by atoms with Gasteiger partial charge in [-0.25, -0.2) is 4.99 Å². The van der Waals surface area contributed by atoms with E-state index in [1.807, 2.05) is 25.1 Å². The zero-order chi connectivity index (χ0) is 12.4. The van der Waals surface area contributed by atoms with Crippen LogP contribution in [0.4, 0.5) is 0 Å². The first-order valence-electron chi connectivity index (χ1n) is 5.50. The fraction of sp³-hybridized carbons (Fsp3) is 0.417. The van der Waals surface area contributed by atoms with Crippen LogP contribution in [-0.4, -0.2) is 18.2 Å². The van der Waals surface area contributed by atoms with Gasteiger partial charge >= 0.3 is 0 Å². The summed E-state index contributed by atoms with van der Waals surface area (Å²) in [6.45, 7) is 1.98. The molecule has 0 saturated heterocycles. The summed E-state index contributed by atoms with van der Waals surface area (Å²) >= 11 is 11.8. The van der Waals surface area contributed by atoms with E-state index >= 15 is 0 Å². The highest BCUT2D eigenvalue weighted by Gasteiger charge is 2.25. The summed E-state index contributed by atoms with van der Waals surface area (Å²) < 4.78 is 5.29. The van der Waals surface area contributed by atoms with Gasteiger partial charge in [0.15, 0.2) is 0 Å². The van der Waals surface area contributed by atoms with Crippen LogP contribution in [0.1, 0.15) is 18.9 Å². The van der Waals surface area contributed by atoms with Crippen LogP contribution in [0.2, 0.25) is 10.0 Å². The number of aliphatic imine (C=N–C) groups is 1. The molecule has 3 nitrogen and oxygen atoms in total. The van der Waals surface area contributed by atoms with Crippen LogP contribution >= 0.6 is 23.2 Å². The third-order valence-corrected chi connectivity index (χ3v) is 3.59. The minimum atomic E-state index is 0.0535. The van der Waals surface area contributed by atoms with Gasteiger partial charge in [-0.2, -0.15) is 0 Å². The molecule has 0 amide bonds. The minimum absolute atomic E-state index is 0.0535. The Bertz CT molecular complexity index is 448. The highest BCUT2D eigenvalue weighted by molar-refractivity contribution is 6.42. The molecular formula is C12H14Cl2N2O. The predicted octanol–water partition coefficient (Wildman–Crippen LogP) is 3.03. The largest absolute Gasteiger partial charge is 0.460 e. The van der Waals surface area contributed by atoms with Gasteiger partial charge in [0.2, 0.25) is 0 Å². The van der Waals surface area contributed by atoms with Gasteiger partial charge in [-0.15, -0.1) is 0 Å². The molecule has 92 valence electrons. The number of benzene rings is 1. The van der Waals surface area contributed by atoms with Crippen LogP contribution in [0.25, 0.3) is 0 Å². The lowest BCUT2D eigenvalue weighted by atomic mass is 10.0. The fourth-order valence-electron chi connectivity index (χ4n) is 1.88. The maximum Gasteiger partial charge on any atom is 0.282 e. The fourth-order valence-corrected chi connectivity index (χ4v) is 2.20. The lowest BCUT2D eigenvalue weighted by Gasteiger charge is -2.12. The Labute approximate surface area is 111 Å². The molecule has 1 heterocycles. The average Bonchev–Trinajstić information content (AvgIpc) is 2.59. The Morgan fingerprint density at radius 3 is 2.71 bits per heavy atom. The third-order valence-electron chi connectivity index (χ3n) is 2.85. The normalized spacial score (nSPS) is 23.4. The number of hydrogen-bond donors (Lipinski definition) is 1. The molecule has 0 fully saturated rings. The van der Waals surface area contributed by atoms with Gasteiger partial charge in [0.25, 0.3) is 6.02 Å². The lowest BCUT2D eigenvalue weighted by molar-refractivity contribution is 0.205. The van der Waals surface area contributed by atoms with Gasteiger partial charge in [0.05, 0.1) is 16.1 Å².